The van der Waals surface area contributed by atoms with Gasteiger partial charge in [-0.15, -0.1) is 12.4 Å². The van der Waals surface area contributed by atoms with Gasteiger partial charge < -0.3 is 15.0 Å². The van der Waals surface area contributed by atoms with Gasteiger partial charge in [0.1, 0.15) is 17.1 Å². The minimum Gasteiger partial charge on any atom is -0.494 e. The number of nitrogens with zero attached hydrogens (tertiary/aromatic N) is 2. The van der Waals surface area contributed by atoms with E-state index in [1.54, 1.807) is 7.11 Å². The van der Waals surface area contributed by atoms with E-state index in [-0.39, 0.29) is 18.4 Å². The first-order valence-electron chi connectivity index (χ1n) is 5.47. The molecule has 2 rings (SSSR count). The van der Waals surface area contributed by atoms with Crippen molar-refractivity contribution in [3.05, 3.63) is 24.0 Å². The van der Waals surface area contributed by atoms with Gasteiger partial charge in [-0.05, 0) is 26.0 Å². The van der Waals surface area contributed by atoms with Gasteiger partial charge in [-0.2, -0.15) is 0 Å². The second-order valence-electron chi connectivity index (χ2n) is 3.83. The highest BCUT2D eigenvalue weighted by atomic mass is 35.5. The maximum atomic E-state index is 5.92. The molecule has 17 heavy (non-hydrogen) atoms. The van der Waals surface area contributed by atoms with Crippen molar-refractivity contribution in [3.8, 4) is 5.75 Å². The van der Waals surface area contributed by atoms with Crippen molar-refractivity contribution in [2.75, 3.05) is 7.11 Å². The second kappa shape index (κ2) is 5.38. The van der Waals surface area contributed by atoms with Gasteiger partial charge in [-0.25, -0.2) is 4.98 Å². The summed E-state index contributed by atoms with van der Waals surface area (Å²) in [6.07, 6.45) is 0. The standard InChI is InChI=1S/C12H17N3O.ClH/c1-4-15-11-9(14-12(15)8(2)13)6-5-7-10(11)16-3;/h5-8H,4,13H2,1-3H3;1H/t8-;/m1./s1. The summed E-state index contributed by atoms with van der Waals surface area (Å²) >= 11 is 0. The fourth-order valence-electron chi connectivity index (χ4n) is 2.00. The van der Waals surface area contributed by atoms with E-state index < -0.39 is 0 Å². The van der Waals surface area contributed by atoms with E-state index in [0.29, 0.717) is 0 Å². The van der Waals surface area contributed by atoms with Crippen molar-refractivity contribution in [2.24, 2.45) is 5.73 Å². The molecule has 0 bridgehead atoms. The summed E-state index contributed by atoms with van der Waals surface area (Å²) in [5.74, 6) is 1.75. The first kappa shape index (κ1) is 13.8. The summed E-state index contributed by atoms with van der Waals surface area (Å²) in [5, 5.41) is 0. The summed E-state index contributed by atoms with van der Waals surface area (Å²) in [5.41, 5.74) is 7.89. The van der Waals surface area contributed by atoms with Crippen molar-refractivity contribution in [1.29, 1.82) is 0 Å². The molecule has 0 fully saturated rings. The van der Waals surface area contributed by atoms with E-state index in [4.69, 9.17) is 10.5 Å². The van der Waals surface area contributed by atoms with Gasteiger partial charge in [0.15, 0.2) is 0 Å². The minimum atomic E-state index is -0.0722. The molecule has 0 amide bonds. The molecular weight excluding hydrogens is 238 g/mol. The fourth-order valence-corrected chi connectivity index (χ4v) is 2.00. The Bertz CT molecular complexity index is 508. The number of para-hydroxylation sites is 1. The summed E-state index contributed by atoms with van der Waals surface area (Å²) in [7, 11) is 1.67. The van der Waals surface area contributed by atoms with E-state index in [0.717, 1.165) is 29.2 Å². The Hall–Kier alpha value is -1.26. The van der Waals surface area contributed by atoms with Gasteiger partial charge in [0.25, 0.3) is 0 Å². The minimum absolute atomic E-state index is 0. The molecule has 0 saturated heterocycles. The number of ether oxygens (including phenoxy) is 1. The molecule has 0 aliphatic carbocycles. The average molecular weight is 256 g/mol. The lowest BCUT2D eigenvalue weighted by atomic mass is 10.3. The smallest absolute Gasteiger partial charge is 0.144 e. The number of halogens is 1. The Labute approximate surface area is 107 Å². The SMILES string of the molecule is CCn1c([C@@H](C)N)nc2cccc(OC)c21.Cl. The number of benzene rings is 1. The van der Waals surface area contributed by atoms with Crippen LogP contribution in [0.4, 0.5) is 0 Å². The average Bonchev–Trinajstić information content (AvgIpc) is 2.67. The van der Waals surface area contributed by atoms with Gasteiger partial charge >= 0.3 is 0 Å². The van der Waals surface area contributed by atoms with Crippen molar-refractivity contribution in [1.82, 2.24) is 9.55 Å². The van der Waals surface area contributed by atoms with E-state index in [1.165, 1.54) is 0 Å². The molecule has 94 valence electrons. The van der Waals surface area contributed by atoms with Crippen molar-refractivity contribution < 1.29 is 4.74 Å². The Morgan fingerprint density at radius 1 is 1.47 bits per heavy atom. The first-order chi connectivity index (χ1) is 7.69. The van der Waals surface area contributed by atoms with Gasteiger partial charge in [0, 0.05) is 6.54 Å². The van der Waals surface area contributed by atoms with E-state index in [2.05, 4.69) is 16.5 Å². The van der Waals surface area contributed by atoms with E-state index in [9.17, 15) is 0 Å². The molecular formula is C12H18ClN3O. The maximum absolute atomic E-state index is 5.92. The van der Waals surface area contributed by atoms with Gasteiger partial charge in [0.05, 0.1) is 18.7 Å². The molecule has 0 unspecified atom stereocenters. The van der Waals surface area contributed by atoms with Gasteiger partial charge in [-0.3, -0.25) is 0 Å². The van der Waals surface area contributed by atoms with Crippen molar-refractivity contribution >= 4 is 23.4 Å². The molecule has 1 heterocycles. The molecule has 4 nitrogen and oxygen atoms in total. The molecule has 2 N–H and O–H groups in total. The van der Waals surface area contributed by atoms with Crippen LogP contribution in [-0.4, -0.2) is 16.7 Å². The summed E-state index contributed by atoms with van der Waals surface area (Å²) in [4.78, 5) is 4.55. The number of hydrogen-bond acceptors (Lipinski definition) is 3. The highest BCUT2D eigenvalue weighted by Gasteiger charge is 2.15. The van der Waals surface area contributed by atoms with E-state index >= 15 is 0 Å². The molecule has 0 radical (unpaired) electrons. The zero-order chi connectivity index (χ0) is 11.7. The monoisotopic (exact) mass is 255 g/mol. The Morgan fingerprint density at radius 2 is 2.18 bits per heavy atom. The molecule has 2 aromatic rings. The fraction of sp³-hybridized carbons (Fsp3) is 0.417. The predicted molar refractivity (Wildman–Crippen MR) is 71.8 cm³/mol. The number of methoxy groups -OCH3 is 1. The van der Waals surface area contributed by atoms with Crippen LogP contribution in [0.5, 0.6) is 5.75 Å². The number of aromatic nitrogens is 2. The number of rotatable bonds is 3. The predicted octanol–water partition coefficient (Wildman–Crippen LogP) is 2.51. The normalized spacial score (nSPS) is 12.2. The third-order valence-corrected chi connectivity index (χ3v) is 2.70. The maximum Gasteiger partial charge on any atom is 0.144 e. The van der Waals surface area contributed by atoms with Crippen LogP contribution in [0.15, 0.2) is 18.2 Å². The molecule has 0 spiro atoms. The third kappa shape index (κ3) is 2.23. The number of nitrogens with two attached hydrogens (primary N) is 1. The Morgan fingerprint density at radius 3 is 2.71 bits per heavy atom. The van der Waals surface area contributed by atoms with Crippen LogP contribution in [0.1, 0.15) is 25.7 Å². The lowest BCUT2D eigenvalue weighted by Gasteiger charge is -2.10. The highest BCUT2D eigenvalue weighted by Crippen LogP contribution is 2.27. The lowest BCUT2D eigenvalue weighted by molar-refractivity contribution is 0.417. The van der Waals surface area contributed by atoms with Crippen LogP contribution in [0.25, 0.3) is 11.0 Å². The molecule has 0 saturated carbocycles. The molecule has 1 aromatic heterocycles. The van der Waals surface area contributed by atoms with Crippen LogP contribution in [0, 0.1) is 0 Å². The zero-order valence-corrected chi connectivity index (χ0v) is 11.1. The third-order valence-electron chi connectivity index (χ3n) is 2.70. The number of imidazole rings is 1. The van der Waals surface area contributed by atoms with Crippen molar-refractivity contribution in [2.45, 2.75) is 26.4 Å². The number of aryl methyl sites for hydroxylation is 1. The first-order valence-corrected chi connectivity index (χ1v) is 5.47. The highest BCUT2D eigenvalue weighted by molar-refractivity contribution is 5.85. The van der Waals surface area contributed by atoms with Gasteiger partial charge in [0.2, 0.25) is 0 Å². The zero-order valence-electron chi connectivity index (χ0n) is 10.3. The van der Waals surface area contributed by atoms with Gasteiger partial charge in [-0.1, -0.05) is 6.07 Å². The Kier molecular flexibility index (Phi) is 4.37. The second-order valence-corrected chi connectivity index (χ2v) is 3.83. The summed E-state index contributed by atoms with van der Waals surface area (Å²) < 4.78 is 7.47. The topological polar surface area (TPSA) is 53.1 Å². The summed E-state index contributed by atoms with van der Waals surface area (Å²) in [6, 6.07) is 5.80. The number of fused-ring (bicyclic) bond motifs is 1. The quantitative estimate of drug-likeness (QED) is 0.917. The molecule has 0 aliphatic rings. The van der Waals surface area contributed by atoms with Crippen LogP contribution in [0.2, 0.25) is 0 Å². The van der Waals surface area contributed by atoms with Crippen molar-refractivity contribution in [3.63, 3.8) is 0 Å². The van der Waals surface area contributed by atoms with Crippen LogP contribution in [-0.2, 0) is 6.54 Å². The molecule has 5 heteroatoms. The van der Waals surface area contributed by atoms with E-state index in [1.807, 2.05) is 25.1 Å². The lowest BCUT2D eigenvalue weighted by Crippen LogP contribution is -2.12. The summed E-state index contributed by atoms with van der Waals surface area (Å²) in [6.45, 7) is 4.87. The van der Waals surface area contributed by atoms with Crippen LogP contribution < -0.4 is 10.5 Å². The number of hydrogen-bond donors (Lipinski definition) is 1. The molecule has 0 aliphatic heterocycles. The molecule has 1 atom stereocenters. The largest absolute Gasteiger partial charge is 0.494 e. The Balaban J connectivity index is 0.00000144. The van der Waals surface area contributed by atoms with Crippen LogP contribution >= 0.6 is 12.4 Å². The molecule has 1 aromatic carbocycles. The van der Waals surface area contributed by atoms with Crippen LogP contribution in [0.3, 0.4) is 0 Å².